The molecule has 9 nitrogen and oxygen atoms in total. The summed E-state index contributed by atoms with van der Waals surface area (Å²) >= 11 is 0. The Hall–Kier alpha value is -4.89. The molecule has 0 aromatic carbocycles. The quantitative estimate of drug-likeness (QED) is 0.0264. The van der Waals surface area contributed by atoms with Gasteiger partial charge in [0, 0.05) is 19.4 Å². The summed E-state index contributed by atoms with van der Waals surface area (Å²) in [5, 5.41) is 0. The number of unbranched alkanes of at least 4 members (excludes halogenated alkanes) is 13. The van der Waals surface area contributed by atoms with Gasteiger partial charge in [-0.2, -0.15) is 0 Å². The molecule has 0 aliphatic carbocycles. The summed E-state index contributed by atoms with van der Waals surface area (Å²) in [6.07, 6.45) is 96.6. The molecule has 0 amide bonds. The van der Waals surface area contributed by atoms with Crippen LogP contribution in [0.5, 0.6) is 0 Å². The number of allylic oxidation sites excluding steroid dienone is 30. The van der Waals surface area contributed by atoms with Gasteiger partial charge in [0.05, 0.1) is 13.2 Å². The fourth-order valence-electron chi connectivity index (χ4n) is 7.75. The topological polar surface area (TPSA) is 134 Å². The molecule has 0 aromatic heterocycles. The van der Waals surface area contributed by atoms with Gasteiger partial charge in [0.25, 0.3) is 0 Å². The molecule has 2 atom stereocenters. The predicted octanol–water partition coefficient (Wildman–Crippen LogP) is 20.4. The van der Waals surface area contributed by atoms with E-state index in [2.05, 4.69) is 196 Å². The Kier molecular flexibility index (Phi) is 60.4. The summed E-state index contributed by atoms with van der Waals surface area (Å²) in [5.41, 5.74) is 5.38. The van der Waals surface area contributed by atoms with E-state index < -0.39 is 32.5 Å². The summed E-state index contributed by atoms with van der Waals surface area (Å²) in [7, 11) is -4.41. The summed E-state index contributed by atoms with van der Waals surface area (Å²) in [6, 6.07) is 0. The van der Waals surface area contributed by atoms with Crippen molar-refractivity contribution in [2.45, 2.75) is 225 Å². The van der Waals surface area contributed by atoms with Crippen LogP contribution in [0.3, 0.4) is 0 Å². The third-order valence-corrected chi connectivity index (χ3v) is 13.3. The Morgan fingerprint density at radius 3 is 0.951 bits per heavy atom. The predicted molar refractivity (Wildman–Crippen MR) is 348 cm³/mol. The lowest BCUT2D eigenvalue weighted by molar-refractivity contribution is -0.161. The van der Waals surface area contributed by atoms with Crippen LogP contribution in [0.1, 0.15) is 219 Å². The minimum absolute atomic E-state index is 0.0389. The van der Waals surface area contributed by atoms with Crippen molar-refractivity contribution in [2.24, 2.45) is 5.73 Å². The standard InChI is InChI=1S/C71H112NO8P/c1-3-5-7-9-11-13-15-17-19-21-23-25-26-27-28-29-30-31-32-33-34-35-36-37-38-39-40-41-42-44-46-48-50-52-54-56-58-60-62-64-71(74)80-69(68-79-81(75,76)78-66-65-72)67-77-70(73)63-61-59-57-55-53-51-49-47-45-43-24-22-20-18-16-14-12-10-8-6-4-2/h5-8,11-14,17-20,23-25,27-28,30-31,33-34,36-37,39-40,42-44,47,49,69H,3-4,9-10,15-16,21-22,26,29,32,35,38,41,45-46,48,50-68,72H2,1-2H3,(H,75,76)/b7-5-,8-6-,13-11-,14-12-,19-17-,20-18-,25-23-,28-27-,31-30-,34-33-,37-36-,40-39-,43-24-,44-42-,49-47-. The molecule has 3 N–H and O–H groups in total. The van der Waals surface area contributed by atoms with E-state index in [0.29, 0.717) is 12.8 Å². The summed E-state index contributed by atoms with van der Waals surface area (Å²) in [6.45, 7) is 3.46. The van der Waals surface area contributed by atoms with Crippen molar-refractivity contribution >= 4 is 19.8 Å². The van der Waals surface area contributed by atoms with Crippen LogP contribution in [0.4, 0.5) is 0 Å². The highest BCUT2D eigenvalue weighted by molar-refractivity contribution is 7.47. The Morgan fingerprint density at radius 1 is 0.370 bits per heavy atom. The van der Waals surface area contributed by atoms with Crippen molar-refractivity contribution < 1.29 is 37.6 Å². The summed E-state index contributed by atoms with van der Waals surface area (Å²) < 4.78 is 33.0. The van der Waals surface area contributed by atoms with Gasteiger partial charge in [-0.3, -0.25) is 18.6 Å². The lowest BCUT2D eigenvalue weighted by Gasteiger charge is -2.19. The molecule has 454 valence electrons. The van der Waals surface area contributed by atoms with Gasteiger partial charge in [-0.15, -0.1) is 0 Å². The number of ether oxygens (including phenoxy) is 2. The second kappa shape index (κ2) is 64.3. The largest absolute Gasteiger partial charge is 0.472 e. The molecule has 0 saturated carbocycles. The maximum absolute atomic E-state index is 12.7. The first-order valence-corrected chi connectivity index (χ1v) is 32.8. The van der Waals surface area contributed by atoms with Gasteiger partial charge in [-0.25, -0.2) is 4.57 Å². The van der Waals surface area contributed by atoms with E-state index in [1.807, 2.05) is 0 Å². The highest BCUT2D eigenvalue weighted by Gasteiger charge is 2.26. The number of esters is 2. The van der Waals surface area contributed by atoms with E-state index in [1.165, 1.54) is 25.7 Å². The molecule has 81 heavy (non-hydrogen) atoms. The number of hydrogen-bond donors (Lipinski definition) is 2. The number of carbonyl (C=O) groups is 2. The van der Waals surface area contributed by atoms with Gasteiger partial charge >= 0.3 is 19.8 Å². The number of nitrogens with two attached hydrogens (primary N) is 1. The Bertz CT molecular complexity index is 1980. The fourth-order valence-corrected chi connectivity index (χ4v) is 8.51. The molecule has 0 saturated heterocycles. The maximum Gasteiger partial charge on any atom is 0.472 e. The van der Waals surface area contributed by atoms with Crippen molar-refractivity contribution in [1.82, 2.24) is 0 Å². The van der Waals surface area contributed by atoms with Crippen LogP contribution in [0.15, 0.2) is 182 Å². The van der Waals surface area contributed by atoms with E-state index in [1.54, 1.807) is 0 Å². The first-order chi connectivity index (χ1) is 39.8. The molecule has 0 heterocycles. The van der Waals surface area contributed by atoms with Crippen LogP contribution < -0.4 is 5.73 Å². The number of phosphoric ester groups is 1. The lowest BCUT2D eigenvalue weighted by atomic mass is 10.1. The minimum Gasteiger partial charge on any atom is -0.462 e. The number of hydrogen-bond acceptors (Lipinski definition) is 8. The smallest absolute Gasteiger partial charge is 0.462 e. The van der Waals surface area contributed by atoms with Crippen molar-refractivity contribution in [3.8, 4) is 0 Å². The first-order valence-electron chi connectivity index (χ1n) is 31.3. The number of carbonyl (C=O) groups excluding carboxylic acids is 2. The number of rotatable bonds is 56. The fraction of sp³-hybridized carbons (Fsp3) is 0.549. The van der Waals surface area contributed by atoms with E-state index in [9.17, 15) is 19.0 Å². The Morgan fingerprint density at radius 2 is 0.642 bits per heavy atom. The molecule has 0 spiro atoms. The van der Waals surface area contributed by atoms with Gasteiger partial charge in [-0.05, 0) is 135 Å². The third-order valence-electron chi connectivity index (χ3n) is 12.3. The molecule has 0 aromatic rings. The van der Waals surface area contributed by atoms with E-state index >= 15 is 0 Å². The lowest BCUT2D eigenvalue weighted by Crippen LogP contribution is -2.29. The Labute approximate surface area is 494 Å². The average Bonchev–Trinajstić information content (AvgIpc) is 3.46. The van der Waals surface area contributed by atoms with Gasteiger partial charge in [0.2, 0.25) is 0 Å². The summed E-state index contributed by atoms with van der Waals surface area (Å²) in [5.74, 6) is -0.874. The minimum atomic E-state index is -4.41. The van der Waals surface area contributed by atoms with Crippen LogP contribution in [0, 0.1) is 0 Å². The average molecular weight is 1140 g/mol. The molecule has 0 bridgehead atoms. The molecular weight excluding hydrogens is 1030 g/mol. The van der Waals surface area contributed by atoms with Gasteiger partial charge < -0.3 is 20.1 Å². The second-order valence-electron chi connectivity index (χ2n) is 19.8. The normalized spacial score (nSPS) is 14.3. The van der Waals surface area contributed by atoms with Gasteiger partial charge in [-0.1, -0.05) is 254 Å². The van der Waals surface area contributed by atoms with Crippen LogP contribution in [0.2, 0.25) is 0 Å². The van der Waals surface area contributed by atoms with Crippen LogP contribution in [0.25, 0.3) is 0 Å². The van der Waals surface area contributed by atoms with Gasteiger partial charge in [0.1, 0.15) is 6.61 Å². The number of phosphoric acid groups is 1. The van der Waals surface area contributed by atoms with E-state index in [4.69, 9.17) is 24.3 Å². The van der Waals surface area contributed by atoms with E-state index in [0.717, 1.165) is 154 Å². The first kappa shape index (κ1) is 76.1. The molecule has 10 heteroatoms. The molecule has 2 unspecified atom stereocenters. The van der Waals surface area contributed by atoms with Crippen molar-refractivity contribution in [3.05, 3.63) is 182 Å². The SMILES string of the molecule is CC/C=C\C/C=C\C/C=C\C/C=C\C/C=C\C/C=C\C/C=C\C/C=C\C/C=C\C/C=C\CCCCCCCCCCC(=O)OC(COC(=O)CCCCCCC/C=C\C/C=C\C/C=C\C/C=C\C/C=C\CC)COP(=O)(O)OCCN. The molecule has 0 aliphatic rings. The highest BCUT2D eigenvalue weighted by atomic mass is 31.2. The van der Waals surface area contributed by atoms with Crippen LogP contribution in [-0.2, 0) is 32.7 Å². The summed E-state index contributed by atoms with van der Waals surface area (Å²) in [4.78, 5) is 35.2. The zero-order valence-corrected chi connectivity index (χ0v) is 51.6. The molecule has 0 fully saturated rings. The molecule has 0 radical (unpaired) electrons. The maximum atomic E-state index is 12.7. The van der Waals surface area contributed by atoms with Crippen LogP contribution >= 0.6 is 7.82 Å². The third kappa shape index (κ3) is 64.1. The Balaban J connectivity index is 4.05. The molecule has 0 rings (SSSR count). The monoisotopic (exact) mass is 1140 g/mol. The second-order valence-corrected chi connectivity index (χ2v) is 21.3. The van der Waals surface area contributed by atoms with Gasteiger partial charge in [0.15, 0.2) is 6.10 Å². The highest BCUT2D eigenvalue weighted by Crippen LogP contribution is 2.43. The van der Waals surface area contributed by atoms with Crippen molar-refractivity contribution in [1.29, 1.82) is 0 Å². The zero-order chi connectivity index (χ0) is 58.7. The molecule has 0 aliphatic heterocycles. The van der Waals surface area contributed by atoms with E-state index in [-0.39, 0.29) is 32.6 Å². The van der Waals surface area contributed by atoms with Crippen LogP contribution in [-0.4, -0.2) is 49.3 Å². The van der Waals surface area contributed by atoms with Crippen molar-refractivity contribution in [2.75, 3.05) is 26.4 Å². The zero-order valence-electron chi connectivity index (χ0n) is 50.7. The van der Waals surface area contributed by atoms with Crippen molar-refractivity contribution in [3.63, 3.8) is 0 Å². The molecular formula is C71H112NO8P.